The van der Waals surface area contributed by atoms with Gasteiger partial charge in [0.1, 0.15) is 5.60 Å². The third-order valence-corrected chi connectivity index (χ3v) is 5.04. The molecule has 0 aliphatic heterocycles. The molecule has 0 bridgehead atoms. The zero-order chi connectivity index (χ0) is 10.2. The van der Waals surface area contributed by atoms with Crippen LogP contribution in [0.1, 0.15) is 37.5 Å². The van der Waals surface area contributed by atoms with Crippen LogP contribution in [0.15, 0.2) is 15.9 Å². The summed E-state index contributed by atoms with van der Waals surface area (Å²) in [5.74, 6) is 0.641. The Morgan fingerprint density at radius 2 is 2.43 bits per heavy atom. The summed E-state index contributed by atoms with van der Waals surface area (Å²) in [6, 6.07) is 2.03. The molecule has 1 fully saturated rings. The molecule has 1 aliphatic carbocycles. The highest BCUT2D eigenvalue weighted by atomic mass is 79.9. The van der Waals surface area contributed by atoms with Gasteiger partial charge in [0.25, 0.3) is 0 Å². The number of thiophene rings is 1. The summed E-state index contributed by atoms with van der Waals surface area (Å²) in [7, 11) is 0. The number of halogens is 1. The van der Waals surface area contributed by atoms with Gasteiger partial charge >= 0.3 is 0 Å². The maximum Gasteiger partial charge on any atom is 0.100 e. The average molecular weight is 275 g/mol. The molecule has 1 heterocycles. The molecule has 1 aromatic heterocycles. The Morgan fingerprint density at radius 1 is 1.64 bits per heavy atom. The van der Waals surface area contributed by atoms with Crippen LogP contribution in [-0.2, 0) is 5.60 Å². The highest BCUT2D eigenvalue weighted by Crippen LogP contribution is 2.44. The molecule has 14 heavy (non-hydrogen) atoms. The molecule has 0 amide bonds. The highest BCUT2D eigenvalue weighted by molar-refractivity contribution is 9.10. The lowest BCUT2D eigenvalue weighted by molar-refractivity contribution is -0.0151. The molecule has 1 nitrogen and oxygen atoms in total. The van der Waals surface area contributed by atoms with Crippen LogP contribution in [0.5, 0.6) is 0 Å². The predicted molar refractivity (Wildman–Crippen MR) is 63.5 cm³/mol. The molecule has 1 N–H and O–H groups in total. The third-order valence-electron chi connectivity index (χ3n) is 3.01. The van der Waals surface area contributed by atoms with Gasteiger partial charge in [-0.25, -0.2) is 0 Å². The van der Waals surface area contributed by atoms with Crippen molar-refractivity contribution < 1.29 is 5.11 Å². The fraction of sp³-hybridized carbons (Fsp3) is 0.636. The first-order valence-electron chi connectivity index (χ1n) is 5.08. The minimum Gasteiger partial charge on any atom is -0.384 e. The molecule has 1 saturated carbocycles. The fourth-order valence-corrected chi connectivity index (χ4v) is 4.24. The van der Waals surface area contributed by atoms with Crippen LogP contribution in [0, 0.1) is 5.92 Å². The summed E-state index contributed by atoms with van der Waals surface area (Å²) in [6.07, 6.45) is 4.22. The maximum absolute atomic E-state index is 10.6. The van der Waals surface area contributed by atoms with Crippen molar-refractivity contribution in [3.05, 3.63) is 20.8 Å². The quantitative estimate of drug-likeness (QED) is 0.824. The van der Waals surface area contributed by atoms with E-state index in [1.54, 1.807) is 11.3 Å². The van der Waals surface area contributed by atoms with Crippen LogP contribution in [0.4, 0.5) is 0 Å². The van der Waals surface area contributed by atoms with Crippen LogP contribution in [0.2, 0.25) is 0 Å². The summed E-state index contributed by atoms with van der Waals surface area (Å²) < 4.78 is 1.07. The molecule has 2 atom stereocenters. The first-order chi connectivity index (χ1) is 6.62. The van der Waals surface area contributed by atoms with Crippen molar-refractivity contribution in [2.75, 3.05) is 0 Å². The van der Waals surface area contributed by atoms with Crippen molar-refractivity contribution >= 4 is 27.3 Å². The molecule has 0 spiro atoms. The van der Waals surface area contributed by atoms with Crippen LogP contribution in [0.3, 0.4) is 0 Å². The lowest BCUT2D eigenvalue weighted by Gasteiger charge is -2.35. The second kappa shape index (κ2) is 3.95. The molecule has 0 aromatic carbocycles. The first kappa shape index (κ1) is 10.7. The molecule has 0 radical (unpaired) electrons. The lowest BCUT2D eigenvalue weighted by Crippen LogP contribution is -2.31. The van der Waals surface area contributed by atoms with Crippen molar-refractivity contribution in [1.29, 1.82) is 0 Å². The summed E-state index contributed by atoms with van der Waals surface area (Å²) in [5, 5.41) is 12.6. The Labute approximate surface area is 97.3 Å². The SMILES string of the molecule is CC1CCCC(O)(c2sccc2Br)C1. The average Bonchev–Trinajstić information content (AvgIpc) is 2.51. The first-order valence-corrected chi connectivity index (χ1v) is 6.75. The van der Waals surface area contributed by atoms with Gasteiger partial charge in [0, 0.05) is 4.47 Å². The van der Waals surface area contributed by atoms with Gasteiger partial charge in [-0.2, -0.15) is 0 Å². The Balaban J connectivity index is 2.27. The molecule has 1 aliphatic rings. The Kier molecular flexibility index (Phi) is 3.01. The lowest BCUT2D eigenvalue weighted by atomic mass is 9.78. The van der Waals surface area contributed by atoms with Crippen molar-refractivity contribution in [2.45, 2.75) is 38.2 Å². The number of hydrogen-bond acceptors (Lipinski definition) is 2. The third kappa shape index (κ3) is 1.90. The normalized spacial score (nSPS) is 33.2. The molecule has 78 valence electrons. The van der Waals surface area contributed by atoms with E-state index in [0.29, 0.717) is 5.92 Å². The van der Waals surface area contributed by atoms with Crippen molar-refractivity contribution in [3.8, 4) is 0 Å². The van der Waals surface area contributed by atoms with E-state index in [1.807, 2.05) is 11.4 Å². The van der Waals surface area contributed by atoms with Gasteiger partial charge in [-0.05, 0) is 52.6 Å². The highest BCUT2D eigenvalue weighted by Gasteiger charge is 2.36. The molecular weight excluding hydrogens is 260 g/mol. The Bertz CT molecular complexity index is 323. The van der Waals surface area contributed by atoms with Crippen LogP contribution in [-0.4, -0.2) is 5.11 Å². The van der Waals surface area contributed by atoms with E-state index in [-0.39, 0.29) is 0 Å². The number of rotatable bonds is 1. The van der Waals surface area contributed by atoms with E-state index < -0.39 is 5.60 Å². The second-order valence-electron chi connectivity index (χ2n) is 4.33. The number of hydrogen-bond donors (Lipinski definition) is 1. The predicted octanol–water partition coefficient (Wildman–Crippen LogP) is 3.91. The monoisotopic (exact) mass is 274 g/mol. The van der Waals surface area contributed by atoms with E-state index in [1.165, 1.54) is 6.42 Å². The van der Waals surface area contributed by atoms with Gasteiger partial charge in [0.05, 0.1) is 4.88 Å². The minimum absolute atomic E-state index is 0.565. The van der Waals surface area contributed by atoms with Gasteiger partial charge in [0.15, 0.2) is 0 Å². The molecule has 2 unspecified atom stereocenters. The molecule has 1 aromatic rings. The minimum atomic E-state index is -0.565. The van der Waals surface area contributed by atoms with Crippen LogP contribution >= 0.6 is 27.3 Å². The molecular formula is C11H15BrOS. The summed E-state index contributed by atoms with van der Waals surface area (Å²) >= 11 is 5.17. The van der Waals surface area contributed by atoms with Gasteiger partial charge in [0.2, 0.25) is 0 Å². The Morgan fingerprint density at radius 3 is 3.00 bits per heavy atom. The Hall–Kier alpha value is 0.140. The molecule has 3 heteroatoms. The van der Waals surface area contributed by atoms with Gasteiger partial charge in [-0.1, -0.05) is 13.3 Å². The fourth-order valence-electron chi connectivity index (χ4n) is 2.36. The second-order valence-corrected chi connectivity index (χ2v) is 6.10. The largest absolute Gasteiger partial charge is 0.384 e. The van der Waals surface area contributed by atoms with Crippen LogP contribution < -0.4 is 0 Å². The van der Waals surface area contributed by atoms with E-state index in [0.717, 1.165) is 28.6 Å². The topological polar surface area (TPSA) is 20.2 Å². The van der Waals surface area contributed by atoms with Gasteiger partial charge in [-0.3, -0.25) is 0 Å². The molecule has 0 saturated heterocycles. The van der Waals surface area contributed by atoms with Gasteiger partial charge in [-0.15, -0.1) is 11.3 Å². The van der Waals surface area contributed by atoms with Crippen molar-refractivity contribution in [3.63, 3.8) is 0 Å². The zero-order valence-corrected chi connectivity index (χ0v) is 10.7. The molecule has 2 rings (SSSR count). The van der Waals surface area contributed by atoms with Gasteiger partial charge < -0.3 is 5.11 Å². The van der Waals surface area contributed by atoms with E-state index in [2.05, 4.69) is 22.9 Å². The van der Waals surface area contributed by atoms with Crippen molar-refractivity contribution in [1.82, 2.24) is 0 Å². The smallest absolute Gasteiger partial charge is 0.100 e. The van der Waals surface area contributed by atoms with E-state index in [9.17, 15) is 5.11 Å². The van der Waals surface area contributed by atoms with Crippen LogP contribution in [0.25, 0.3) is 0 Å². The van der Waals surface area contributed by atoms with E-state index >= 15 is 0 Å². The zero-order valence-electron chi connectivity index (χ0n) is 8.29. The summed E-state index contributed by atoms with van der Waals surface area (Å²) in [4.78, 5) is 1.11. The summed E-state index contributed by atoms with van der Waals surface area (Å²) in [6.45, 7) is 2.23. The van der Waals surface area contributed by atoms with Crippen molar-refractivity contribution in [2.24, 2.45) is 5.92 Å². The number of aliphatic hydroxyl groups is 1. The maximum atomic E-state index is 10.6. The summed E-state index contributed by atoms with van der Waals surface area (Å²) in [5.41, 5.74) is -0.565. The standard InChI is InChI=1S/C11H15BrOS/c1-8-3-2-5-11(13,7-8)10-9(12)4-6-14-10/h4,6,8,13H,2-3,5,7H2,1H3. The van der Waals surface area contributed by atoms with E-state index in [4.69, 9.17) is 0 Å².